The van der Waals surface area contributed by atoms with E-state index in [1.807, 2.05) is 6.07 Å². The lowest BCUT2D eigenvalue weighted by Crippen LogP contribution is -2.13. The van der Waals surface area contributed by atoms with Crippen molar-refractivity contribution in [3.8, 4) is 6.07 Å². The summed E-state index contributed by atoms with van der Waals surface area (Å²) < 4.78 is 13.6. The molecule has 0 heterocycles. The first-order valence-corrected chi connectivity index (χ1v) is 6.64. The first-order chi connectivity index (χ1) is 9.51. The maximum Gasteiger partial charge on any atom is 0.256 e. The van der Waals surface area contributed by atoms with Crippen LogP contribution in [0.25, 0.3) is 0 Å². The first-order valence-electron chi connectivity index (χ1n) is 5.47. The van der Waals surface area contributed by atoms with Gasteiger partial charge in [-0.1, -0.05) is 11.6 Å². The van der Waals surface area contributed by atoms with Gasteiger partial charge in [0, 0.05) is 10.2 Å². The minimum Gasteiger partial charge on any atom is -0.322 e. The second kappa shape index (κ2) is 6.04. The van der Waals surface area contributed by atoms with E-state index >= 15 is 0 Å². The number of nitriles is 1. The number of benzene rings is 2. The van der Waals surface area contributed by atoms with Crippen LogP contribution < -0.4 is 5.32 Å². The first kappa shape index (κ1) is 14.5. The van der Waals surface area contributed by atoms with Crippen molar-refractivity contribution in [1.82, 2.24) is 0 Å². The van der Waals surface area contributed by atoms with Crippen LogP contribution in [0.3, 0.4) is 0 Å². The molecule has 1 N–H and O–H groups in total. The summed E-state index contributed by atoms with van der Waals surface area (Å²) in [5.74, 6) is -0.978. The molecule has 0 radical (unpaired) electrons. The number of hydrogen-bond donors (Lipinski definition) is 1. The van der Waals surface area contributed by atoms with Crippen LogP contribution in [0.2, 0.25) is 5.02 Å². The topological polar surface area (TPSA) is 52.9 Å². The highest BCUT2D eigenvalue weighted by molar-refractivity contribution is 9.10. The van der Waals surface area contributed by atoms with E-state index in [2.05, 4.69) is 21.2 Å². The van der Waals surface area contributed by atoms with E-state index in [9.17, 15) is 9.18 Å². The fourth-order valence-electron chi connectivity index (χ4n) is 1.55. The fourth-order valence-corrected chi connectivity index (χ4v) is 2.20. The number of nitrogens with one attached hydrogen (secondary N) is 1. The molecule has 20 heavy (non-hydrogen) atoms. The quantitative estimate of drug-likeness (QED) is 0.872. The maximum absolute atomic E-state index is 13.2. The van der Waals surface area contributed by atoms with Gasteiger partial charge >= 0.3 is 0 Å². The van der Waals surface area contributed by atoms with Crippen molar-refractivity contribution in [3.63, 3.8) is 0 Å². The molecule has 0 fully saturated rings. The number of carbonyl (C=O) groups is 1. The van der Waals surface area contributed by atoms with E-state index in [-0.39, 0.29) is 10.6 Å². The zero-order chi connectivity index (χ0) is 14.7. The monoisotopic (exact) mass is 352 g/mol. The Morgan fingerprint density at radius 1 is 1.30 bits per heavy atom. The van der Waals surface area contributed by atoms with Crippen molar-refractivity contribution in [2.24, 2.45) is 0 Å². The molecular formula is C14H7BrClFN2O. The van der Waals surface area contributed by atoms with Crippen LogP contribution in [0.15, 0.2) is 40.9 Å². The van der Waals surface area contributed by atoms with E-state index in [0.717, 1.165) is 6.07 Å². The second-order valence-corrected chi connectivity index (χ2v) is 5.15. The Morgan fingerprint density at radius 2 is 2.05 bits per heavy atom. The minimum absolute atomic E-state index is 0.172. The molecule has 2 aromatic rings. The van der Waals surface area contributed by atoms with Gasteiger partial charge in [-0.15, -0.1) is 0 Å². The van der Waals surface area contributed by atoms with Gasteiger partial charge in [0.2, 0.25) is 0 Å². The molecular weight excluding hydrogens is 347 g/mol. The maximum atomic E-state index is 13.2. The van der Waals surface area contributed by atoms with Crippen molar-refractivity contribution < 1.29 is 9.18 Å². The number of carbonyl (C=O) groups excluding carboxylic acids is 1. The van der Waals surface area contributed by atoms with Gasteiger partial charge < -0.3 is 5.32 Å². The van der Waals surface area contributed by atoms with E-state index in [4.69, 9.17) is 16.9 Å². The molecule has 1 amide bonds. The van der Waals surface area contributed by atoms with Gasteiger partial charge in [0.1, 0.15) is 11.9 Å². The van der Waals surface area contributed by atoms with Crippen LogP contribution in [0.1, 0.15) is 15.9 Å². The predicted octanol–water partition coefficient (Wildman–Crippen LogP) is 4.37. The molecule has 100 valence electrons. The van der Waals surface area contributed by atoms with E-state index < -0.39 is 11.7 Å². The Kier molecular flexibility index (Phi) is 4.38. The average molecular weight is 354 g/mol. The molecule has 0 spiro atoms. The van der Waals surface area contributed by atoms with Crippen LogP contribution in [-0.2, 0) is 0 Å². The summed E-state index contributed by atoms with van der Waals surface area (Å²) >= 11 is 9.06. The van der Waals surface area contributed by atoms with Crippen LogP contribution in [0.4, 0.5) is 10.1 Å². The molecule has 3 nitrogen and oxygen atoms in total. The van der Waals surface area contributed by atoms with Crippen molar-refractivity contribution in [2.75, 3.05) is 5.32 Å². The number of hydrogen-bond acceptors (Lipinski definition) is 2. The third-order valence-corrected chi connectivity index (χ3v) is 3.52. The highest BCUT2D eigenvalue weighted by Gasteiger charge is 2.12. The Bertz CT molecular complexity index is 728. The van der Waals surface area contributed by atoms with Crippen LogP contribution in [-0.4, -0.2) is 5.91 Å². The fraction of sp³-hybridized carbons (Fsp3) is 0. The van der Waals surface area contributed by atoms with Gasteiger partial charge in [-0.05, 0) is 52.3 Å². The summed E-state index contributed by atoms with van der Waals surface area (Å²) in [6.45, 7) is 0. The Hall–Kier alpha value is -1.90. The summed E-state index contributed by atoms with van der Waals surface area (Å²) in [4.78, 5) is 12.0. The molecule has 2 aromatic carbocycles. The molecule has 6 heteroatoms. The van der Waals surface area contributed by atoms with E-state index in [1.165, 1.54) is 24.3 Å². The van der Waals surface area contributed by atoms with Gasteiger partial charge in [0.15, 0.2) is 0 Å². The molecule has 0 unspecified atom stereocenters. The van der Waals surface area contributed by atoms with Crippen LogP contribution in [0.5, 0.6) is 0 Å². The Morgan fingerprint density at radius 3 is 2.70 bits per heavy atom. The smallest absolute Gasteiger partial charge is 0.256 e. The molecule has 2 rings (SSSR count). The zero-order valence-corrected chi connectivity index (χ0v) is 12.3. The lowest BCUT2D eigenvalue weighted by Gasteiger charge is -2.08. The van der Waals surface area contributed by atoms with Gasteiger partial charge in [-0.25, -0.2) is 4.39 Å². The third-order valence-electron chi connectivity index (χ3n) is 2.52. The number of nitrogens with zero attached hydrogens (tertiary/aromatic N) is 1. The Labute approximate surface area is 128 Å². The van der Waals surface area contributed by atoms with Crippen molar-refractivity contribution in [2.45, 2.75) is 0 Å². The van der Waals surface area contributed by atoms with E-state index in [1.54, 1.807) is 6.07 Å². The lowest BCUT2D eigenvalue weighted by molar-refractivity contribution is 0.102. The highest BCUT2D eigenvalue weighted by atomic mass is 79.9. The van der Waals surface area contributed by atoms with Gasteiger partial charge in [0.25, 0.3) is 5.91 Å². The summed E-state index contributed by atoms with van der Waals surface area (Å²) in [5, 5.41) is 11.6. The Balaban J connectivity index is 2.26. The summed E-state index contributed by atoms with van der Waals surface area (Å²) in [6.07, 6.45) is 0. The largest absolute Gasteiger partial charge is 0.322 e. The molecule has 0 aliphatic rings. The standard InChI is InChI=1S/C14H7BrClFN2O/c15-12-4-2-9(17)5-11(12)14(20)19-10-3-1-8(7-18)13(16)6-10/h1-6H,(H,19,20). The predicted molar refractivity (Wildman–Crippen MR) is 78.2 cm³/mol. The van der Waals surface area contributed by atoms with Crippen LogP contribution in [0, 0.1) is 17.1 Å². The van der Waals surface area contributed by atoms with Gasteiger partial charge in [0.05, 0.1) is 16.1 Å². The highest BCUT2D eigenvalue weighted by Crippen LogP contribution is 2.23. The third kappa shape index (κ3) is 3.16. The SMILES string of the molecule is N#Cc1ccc(NC(=O)c2cc(F)ccc2Br)cc1Cl. The molecule has 0 bridgehead atoms. The van der Waals surface area contributed by atoms with E-state index in [0.29, 0.717) is 15.7 Å². The normalized spacial score (nSPS) is 9.90. The summed E-state index contributed by atoms with van der Waals surface area (Å²) in [6, 6.07) is 10.3. The summed E-state index contributed by atoms with van der Waals surface area (Å²) in [7, 11) is 0. The molecule has 0 aromatic heterocycles. The van der Waals surface area contributed by atoms with Crippen molar-refractivity contribution in [1.29, 1.82) is 5.26 Å². The molecule has 0 saturated heterocycles. The van der Waals surface area contributed by atoms with Gasteiger partial charge in [-0.2, -0.15) is 5.26 Å². The van der Waals surface area contributed by atoms with Crippen molar-refractivity contribution in [3.05, 3.63) is 62.8 Å². The van der Waals surface area contributed by atoms with Gasteiger partial charge in [-0.3, -0.25) is 4.79 Å². The number of halogens is 3. The van der Waals surface area contributed by atoms with Crippen molar-refractivity contribution >= 4 is 39.1 Å². The number of anilines is 1. The molecule has 0 aliphatic carbocycles. The number of amides is 1. The summed E-state index contributed by atoms with van der Waals surface area (Å²) in [5.41, 5.74) is 0.914. The molecule has 0 saturated carbocycles. The number of rotatable bonds is 2. The lowest BCUT2D eigenvalue weighted by atomic mass is 10.2. The minimum atomic E-state index is -0.504. The average Bonchev–Trinajstić information content (AvgIpc) is 2.41. The molecule has 0 aliphatic heterocycles. The van der Waals surface area contributed by atoms with Crippen LogP contribution >= 0.6 is 27.5 Å². The second-order valence-electron chi connectivity index (χ2n) is 3.88. The molecule has 0 atom stereocenters. The zero-order valence-electron chi connectivity index (χ0n) is 9.95.